The molecule has 0 fully saturated rings. The van der Waals surface area contributed by atoms with Crippen molar-refractivity contribution in [2.45, 2.75) is 19.8 Å². The molecule has 0 saturated carbocycles. The average molecular weight is 295 g/mol. The number of pyridine rings is 1. The molecular formula is C17H17N3O2. The van der Waals surface area contributed by atoms with Gasteiger partial charge in [0.1, 0.15) is 12.9 Å². The first-order chi connectivity index (χ1) is 10.8. The Morgan fingerprint density at radius 2 is 2.05 bits per heavy atom. The van der Waals surface area contributed by atoms with Crippen molar-refractivity contribution in [3.8, 4) is 11.1 Å². The monoisotopic (exact) mass is 295 g/mol. The van der Waals surface area contributed by atoms with Gasteiger partial charge in [0.2, 0.25) is 0 Å². The Hall–Kier alpha value is -2.69. The zero-order valence-electron chi connectivity index (χ0n) is 12.4. The lowest BCUT2D eigenvalue weighted by atomic mass is 10.0. The topological polar surface area (TPSA) is 57.0 Å². The first-order valence-corrected chi connectivity index (χ1v) is 7.35. The van der Waals surface area contributed by atoms with Gasteiger partial charge < -0.3 is 4.84 Å². The molecule has 5 heteroatoms. The van der Waals surface area contributed by atoms with E-state index in [1.54, 1.807) is 12.3 Å². The number of hydrogen-bond acceptors (Lipinski definition) is 4. The maximum absolute atomic E-state index is 12.4. The highest BCUT2D eigenvalue weighted by Gasteiger charge is 2.12. The minimum Gasteiger partial charge on any atom is -0.409 e. The summed E-state index contributed by atoms with van der Waals surface area (Å²) in [5.41, 5.74) is 2.05. The second-order valence-corrected chi connectivity index (χ2v) is 5.00. The van der Waals surface area contributed by atoms with Crippen LogP contribution in [0.15, 0.2) is 53.7 Å². The van der Waals surface area contributed by atoms with Crippen molar-refractivity contribution in [3.05, 3.63) is 59.3 Å². The van der Waals surface area contributed by atoms with Crippen LogP contribution in [0, 0.1) is 0 Å². The summed E-state index contributed by atoms with van der Waals surface area (Å²) in [4.78, 5) is 26.3. The summed E-state index contributed by atoms with van der Waals surface area (Å²) in [6, 6.07) is 11.3. The van der Waals surface area contributed by atoms with E-state index in [9.17, 15) is 4.79 Å². The molecule has 0 aliphatic carbocycles. The van der Waals surface area contributed by atoms with Gasteiger partial charge in [-0.25, -0.2) is 9.97 Å². The van der Waals surface area contributed by atoms with Gasteiger partial charge in [0.25, 0.3) is 5.56 Å². The van der Waals surface area contributed by atoms with Crippen LogP contribution in [0.5, 0.6) is 0 Å². The fourth-order valence-electron chi connectivity index (χ4n) is 2.32. The van der Waals surface area contributed by atoms with E-state index in [1.165, 1.54) is 11.1 Å². The molecule has 3 rings (SSSR count). The molecule has 0 N–H and O–H groups in total. The van der Waals surface area contributed by atoms with Gasteiger partial charge in [0.15, 0.2) is 5.65 Å². The van der Waals surface area contributed by atoms with Crippen LogP contribution in [0.4, 0.5) is 0 Å². The standard InChI is InChI=1S/C17H17N3O2/c1-2-3-9-22-20-16(21)10-14(13-7-5-4-6-8-13)15-11-18-12-19-17(15)20/h4-8,10-12H,2-3,9H2,1H3. The van der Waals surface area contributed by atoms with Crippen LogP contribution in [0.2, 0.25) is 0 Å². The second kappa shape index (κ2) is 6.39. The van der Waals surface area contributed by atoms with Crippen molar-refractivity contribution in [2.24, 2.45) is 0 Å². The molecule has 0 aliphatic rings. The van der Waals surface area contributed by atoms with E-state index in [0.717, 1.165) is 29.4 Å². The van der Waals surface area contributed by atoms with Gasteiger partial charge in [-0.2, -0.15) is 0 Å². The lowest BCUT2D eigenvalue weighted by molar-refractivity contribution is 0.108. The predicted octanol–water partition coefficient (Wildman–Crippen LogP) is 2.69. The van der Waals surface area contributed by atoms with Crippen molar-refractivity contribution >= 4 is 11.0 Å². The molecule has 0 atom stereocenters. The molecule has 3 aromatic rings. The summed E-state index contributed by atoms with van der Waals surface area (Å²) in [6.07, 6.45) is 5.03. The van der Waals surface area contributed by atoms with Gasteiger partial charge in [0.05, 0.1) is 0 Å². The number of benzene rings is 1. The minimum atomic E-state index is -0.221. The van der Waals surface area contributed by atoms with Gasteiger partial charge in [-0.15, -0.1) is 4.73 Å². The number of fused-ring (bicyclic) bond motifs is 1. The van der Waals surface area contributed by atoms with Crippen LogP contribution in [0.3, 0.4) is 0 Å². The summed E-state index contributed by atoms with van der Waals surface area (Å²) in [6.45, 7) is 2.56. The largest absolute Gasteiger partial charge is 0.409 e. The Morgan fingerprint density at radius 1 is 1.23 bits per heavy atom. The predicted molar refractivity (Wildman–Crippen MR) is 85.6 cm³/mol. The average Bonchev–Trinajstić information content (AvgIpc) is 2.57. The van der Waals surface area contributed by atoms with Crippen LogP contribution in [-0.2, 0) is 0 Å². The molecule has 0 unspecified atom stereocenters. The number of hydrogen-bond donors (Lipinski definition) is 0. The van der Waals surface area contributed by atoms with Crippen molar-refractivity contribution in [2.75, 3.05) is 6.61 Å². The van der Waals surface area contributed by atoms with Gasteiger partial charge in [-0.3, -0.25) is 4.79 Å². The Bertz CT molecular complexity index is 828. The Labute approximate surface area is 128 Å². The fraction of sp³-hybridized carbons (Fsp3) is 0.235. The number of nitrogens with zero attached hydrogens (tertiary/aromatic N) is 3. The van der Waals surface area contributed by atoms with E-state index in [1.807, 2.05) is 30.3 Å². The van der Waals surface area contributed by atoms with E-state index in [0.29, 0.717) is 12.3 Å². The maximum Gasteiger partial charge on any atom is 0.285 e. The quantitative estimate of drug-likeness (QED) is 0.679. The summed E-state index contributed by atoms with van der Waals surface area (Å²) < 4.78 is 1.26. The molecule has 112 valence electrons. The highest BCUT2D eigenvalue weighted by Crippen LogP contribution is 2.24. The van der Waals surface area contributed by atoms with Crippen molar-refractivity contribution < 1.29 is 4.84 Å². The number of unbranched alkanes of at least 4 members (excludes halogenated alkanes) is 1. The molecule has 22 heavy (non-hydrogen) atoms. The Morgan fingerprint density at radius 3 is 2.82 bits per heavy atom. The smallest absolute Gasteiger partial charge is 0.285 e. The minimum absolute atomic E-state index is 0.221. The van der Waals surface area contributed by atoms with Crippen LogP contribution in [0.25, 0.3) is 22.2 Å². The second-order valence-electron chi connectivity index (χ2n) is 5.00. The summed E-state index contributed by atoms with van der Waals surface area (Å²) in [5, 5.41) is 0.796. The molecule has 1 aromatic carbocycles. The lowest BCUT2D eigenvalue weighted by Gasteiger charge is -2.12. The van der Waals surface area contributed by atoms with Crippen LogP contribution in [0.1, 0.15) is 19.8 Å². The van der Waals surface area contributed by atoms with Crippen molar-refractivity contribution in [3.63, 3.8) is 0 Å². The molecule has 0 amide bonds. The van der Waals surface area contributed by atoms with E-state index in [4.69, 9.17) is 4.84 Å². The van der Waals surface area contributed by atoms with Gasteiger partial charge >= 0.3 is 0 Å². The zero-order valence-corrected chi connectivity index (χ0v) is 12.4. The van der Waals surface area contributed by atoms with Crippen LogP contribution < -0.4 is 10.4 Å². The third-order valence-corrected chi connectivity index (χ3v) is 3.44. The zero-order chi connectivity index (χ0) is 15.4. The normalized spacial score (nSPS) is 10.8. The van der Waals surface area contributed by atoms with E-state index >= 15 is 0 Å². The van der Waals surface area contributed by atoms with Crippen LogP contribution in [-0.4, -0.2) is 21.3 Å². The molecule has 0 aliphatic heterocycles. The third kappa shape index (κ3) is 2.70. The highest BCUT2D eigenvalue weighted by atomic mass is 16.7. The summed E-state index contributed by atoms with van der Waals surface area (Å²) in [7, 11) is 0. The first-order valence-electron chi connectivity index (χ1n) is 7.35. The van der Waals surface area contributed by atoms with Crippen molar-refractivity contribution in [1.29, 1.82) is 0 Å². The molecular weight excluding hydrogens is 278 g/mol. The molecule has 5 nitrogen and oxygen atoms in total. The fourth-order valence-corrected chi connectivity index (χ4v) is 2.32. The molecule has 0 radical (unpaired) electrons. The van der Waals surface area contributed by atoms with Crippen LogP contribution >= 0.6 is 0 Å². The summed E-state index contributed by atoms with van der Waals surface area (Å²) in [5.74, 6) is 0. The van der Waals surface area contributed by atoms with Gasteiger partial charge in [-0.1, -0.05) is 43.7 Å². The van der Waals surface area contributed by atoms with E-state index < -0.39 is 0 Å². The van der Waals surface area contributed by atoms with Crippen molar-refractivity contribution in [1.82, 2.24) is 14.7 Å². The van der Waals surface area contributed by atoms with Gasteiger partial charge in [-0.05, 0) is 17.5 Å². The SMILES string of the molecule is CCCCOn1c(=O)cc(-c2ccccc2)c2cncnc21. The van der Waals surface area contributed by atoms with Gasteiger partial charge in [0, 0.05) is 17.6 Å². The molecule has 0 spiro atoms. The maximum atomic E-state index is 12.4. The lowest BCUT2D eigenvalue weighted by Crippen LogP contribution is -2.28. The molecule has 0 bridgehead atoms. The molecule has 2 heterocycles. The molecule has 0 saturated heterocycles. The third-order valence-electron chi connectivity index (χ3n) is 3.44. The van der Waals surface area contributed by atoms with E-state index in [-0.39, 0.29) is 5.56 Å². The highest BCUT2D eigenvalue weighted by molar-refractivity contribution is 5.91. The summed E-state index contributed by atoms with van der Waals surface area (Å²) >= 11 is 0. The Balaban J connectivity index is 2.17. The Kier molecular flexibility index (Phi) is 4.14. The molecule has 2 aromatic heterocycles. The first kappa shape index (κ1) is 14.3. The number of aromatic nitrogens is 3. The van der Waals surface area contributed by atoms with E-state index in [2.05, 4.69) is 16.9 Å². The number of rotatable bonds is 5.